The van der Waals surface area contributed by atoms with Gasteiger partial charge in [-0.2, -0.15) is 0 Å². The van der Waals surface area contributed by atoms with E-state index in [1.54, 1.807) is 11.9 Å². The van der Waals surface area contributed by atoms with E-state index in [9.17, 15) is 4.79 Å². The van der Waals surface area contributed by atoms with E-state index in [0.29, 0.717) is 13.1 Å². The second-order valence-corrected chi connectivity index (χ2v) is 4.52. The number of amides is 1. The van der Waals surface area contributed by atoms with E-state index in [1.807, 2.05) is 32.0 Å². The number of nitrogens with zero attached hydrogens (tertiary/aromatic N) is 1. The Bertz CT molecular complexity index is 393. The molecule has 0 saturated carbocycles. The number of carbonyl (C=O) groups is 1. The molecule has 0 aromatic heterocycles. The lowest BCUT2D eigenvalue weighted by Gasteiger charge is -2.15. The average Bonchev–Trinajstić information content (AvgIpc) is 2.30. The first-order valence-corrected chi connectivity index (χ1v) is 6.12. The fourth-order valence-electron chi connectivity index (χ4n) is 1.47. The standard InChI is InChI=1S/C13H19ClN2O/c1-4-16(3)13(17)9-15-8-11-5-6-12(14)7-10(11)2/h5-7,15H,4,8-9H2,1-3H3. The van der Waals surface area contributed by atoms with E-state index in [0.717, 1.165) is 17.1 Å². The highest BCUT2D eigenvalue weighted by Crippen LogP contribution is 2.14. The summed E-state index contributed by atoms with van der Waals surface area (Å²) < 4.78 is 0. The van der Waals surface area contributed by atoms with Gasteiger partial charge in [0.15, 0.2) is 0 Å². The van der Waals surface area contributed by atoms with Crippen molar-refractivity contribution in [3.63, 3.8) is 0 Å². The Kier molecular flexibility index (Phi) is 5.45. The fourth-order valence-corrected chi connectivity index (χ4v) is 1.70. The van der Waals surface area contributed by atoms with Gasteiger partial charge in [-0.1, -0.05) is 17.7 Å². The molecule has 1 aromatic carbocycles. The van der Waals surface area contributed by atoms with Crippen molar-refractivity contribution in [1.82, 2.24) is 10.2 Å². The van der Waals surface area contributed by atoms with Crippen LogP contribution in [0.15, 0.2) is 18.2 Å². The third-order valence-electron chi connectivity index (χ3n) is 2.80. The Morgan fingerprint density at radius 1 is 1.47 bits per heavy atom. The van der Waals surface area contributed by atoms with Crippen molar-refractivity contribution in [3.8, 4) is 0 Å². The number of likely N-dealkylation sites (N-methyl/N-ethyl adjacent to an activating group) is 1. The molecular formula is C13H19ClN2O. The van der Waals surface area contributed by atoms with E-state index in [2.05, 4.69) is 5.32 Å². The maximum atomic E-state index is 11.5. The summed E-state index contributed by atoms with van der Waals surface area (Å²) >= 11 is 5.88. The molecule has 0 unspecified atom stereocenters. The van der Waals surface area contributed by atoms with E-state index in [-0.39, 0.29) is 5.91 Å². The fraction of sp³-hybridized carbons (Fsp3) is 0.462. The zero-order valence-electron chi connectivity index (χ0n) is 10.6. The van der Waals surface area contributed by atoms with Crippen LogP contribution in [0.1, 0.15) is 18.1 Å². The van der Waals surface area contributed by atoms with Crippen molar-refractivity contribution in [2.75, 3.05) is 20.1 Å². The average molecular weight is 255 g/mol. The number of hydrogen-bond acceptors (Lipinski definition) is 2. The van der Waals surface area contributed by atoms with Crippen LogP contribution < -0.4 is 5.32 Å². The van der Waals surface area contributed by atoms with Crippen molar-refractivity contribution in [3.05, 3.63) is 34.3 Å². The predicted octanol–water partition coefficient (Wildman–Crippen LogP) is 2.22. The second-order valence-electron chi connectivity index (χ2n) is 4.08. The Labute approximate surface area is 108 Å². The third-order valence-corrected chi connectivity index (χ3v) is 3.03. The van der Waals surface area contributed by atoms with Crippen LogP contribution in [0.25, 0.3) is 0 Å². The van der Waals surface area contributed by atoms with E-state index in [1.165, 1.54) is 5.56 Å². The Hall–Kier alpha value is -1.06. The molecule has 0 spiro atoms. The first-order chi connectivity index (χ1) is 8.04. The van der Waals surface area contributed by atoms with Gasteiger partial charge in [0.1, 0.15) is 0 Å². The number of carbonyl (C=O) groups excluding carboxylic acids is 1. The van der Waals surface area contributed by atoms with Crippen molar-refractivity contribution < 1.29 is 4.79 Å². The van der Waals surface area contributed by atoms with Crippen LogP contribution in [0.3, 0.4) is 0 Å². The highest BCUT2D eigenvalue weighted by atomic mass is 35.5. The van der Waals surface area contributed by atoms with Crippen LogP contribution >= 0.6 is 11.6 Å². The highest BCUT2D eigenvalue weighted by Gasteiger charge is 2.06. The van der Waals surface area contributed by atoms with Gasteiger partial charge in [-0.05, 0) is 37.1 Å². The highest BCUT2D eigenvalue weighted by molar-refractivity contribution is 6.30. The summed E-state index contributed by atoms with van der Waals surface area (Å²) in [6, 6.07) is 5.78. The topological polar surface area (TPSA) is 32.3 Å². The van der Waals surface area contributed by atoms with Crippen LogP contribution in [0.5, 0.6) is 0 Å². The molecule has 0 aliphatic rings. The van der Waals surface area contributed by atoms with Crippen LogP contribution in [0.4, 0.5) is 0 Å². The number of rotatable bonds is 5. The minimum absolute atomic E-state index is 0.110. The smallest absolute Gasteiger partial charge is 0.236 e. The van der Waals surface area contributed by atoms with Crippen LogP contribution in [0, 0.1) is 6.92 Å². The minimum atomic E-state index is 0.110. The number of halogens is 1. The third kappa shape index (κ3) is 4.36. The van der Waals surface area contributed by atoms with Crippen molar-refractivity contribution >= 4 is 17.5 Å². The molecule has 1 rings (SSSR count). The molecule has 0 aliphatic heterocycles. The Morgan fingerprint density at radius 3 is 2.76 bits per heavy atom. The van der Waals surface area contributed by atoms with Gasteiger partial charge >= 0.3 is 0 Å². The summed E-state index contributed by atoms with van der Waals surface area (Å²) in [7, 11) is 1.80. The molecule has 0 atom stereocenters. The molecule has 1 amide bonds. The molecular weight excluding hydrogens is 236 g/mol. The summed E-state index contributed by atoms with van der Waals surface area (Å²) in [6.07, 6.45) is 0. The van der Waals surface area contributed by atoms with Crippen molar-refractivity contribution in [1.29, 1.82) is 0 Å². The largest absolute Gasteiger partial charge is 0.345 e. The van der Waals surface area contributed by atoms with Crippen LogP contribution in [-0.2, 0) is 11.3 Å². The van der Waals surface area contributed by atoms with Gasteiger partial charge in [0, 0.05) is 25.2 Å². The van der Waals surface area contributed by atoms with E-state index in [4.69, 9.17) is 11.6 Å². The normalized spacial score (nSPS) is 10.4. The summed E-state index contributed by atoms with van der Waals surface area (Å²) in [4.78, 5) is 13.2. The minimum Gasteiger partial charge on any atom is -0.345 e. The number of aryl methyl sites for hydroxylation is 1. The zero-order chi connectivity index (χ0) is 12.8. The van der Waals surface area contributed by atoms with E-state index < -0.39 is 0 Å². The molecule has 3 nitrogen and oxygen atoms in total. The van der Waals surface area contributed by atoms with Gasteiger partial charge in [-0.25, -0.2) is 0 Å². The van der Waals surface area contributed by atoms with Gasteiger partial charge in [0.05, 0.1) is 6.54 Å². The molecule has 0 bridgehead atoms. The molecule has 94 valence electrons. The number of hydrogen-bond donors (Lipinski definition) is 1. The SMILES string of the molecule is CCN(C)C(=O)CNCc1ccc(Cl)cc1C. The molecule has 0 heterocycles. The molecule has 0 fully saturated rings. The first-order valence-electron chi connectivity index (χ1n) is 5.74. The van der Waals surface area contributed by atoms with Gasteiger partial charge in [0.25, 0.3) is 0 Å². The van der Waals surface area contributed by atoms with Crippen molar-refractivity contribution in [2.45, 2.75) is 20.4 Å². The van der Waals surface area contributed by atoms with Gasteiger partial charge in [-0.3, -0.25) is 4.79 Å². The molecule has 17 heavy (non-hydrogen) atoms. The number of nitrogens with one attached hydrogen (secondary N) is 1. The molecule has 0 radical (unpaired) electrons. The summed E-state index contributed by atoms with van der Waals surface area (Å²) in [6.45, 7) is 5.77. The lowest BCUT2D eigenvalue weighted by atomic mass is 10.1. The predicted molar refractivity (Wildman–Crippen MR) is 71.2 cm³/mol. The maximum Gasteiger partial charge on any atom is 0.236 e. The maximum absolute atomic E-state index is 11.5. The monoisotopic (exact) mass is 254 g/mol. The number of benzene rings is 1. The second kappa shape index (κ2) is 6.62. The van der Waals surface area contributed by atoms with Gasteiger partial charge < -0.3 is 10.2 Å². The molecule has 1 aromatic rings. The lowest BCUT2D eigenvalue weighted by Crippen LogP contribution is -2.35. The Morgan fingerprint density at radius 2 is 2.18 bits per heavy atom. The van der Waals surface area contributed by atoms with Crippen molar-refractivity contribution in [2.24, 2.45) is 0 Å². The van der Waals surface area contributed by atoms with Gasteiger partial charge in [0.2, 0.25) is 5.91 Å². The Balaban J connectivity index is 2.43. The van der Waals surface area contributed by atoms with Crippen LogP contribution in [0.2, 0.25) is 5.02 Å². The van der Waals surface area contributed by atoms with E-state index >= 15 is 0 Å². The quantitative estimate of drug-likeness (QED) is 0.874. The molecule has 4 heteroatoms. The molecule has 0 aliphatic carbocycles. The van der Waals surface area contributed by atoms with Gasteiger partial charge in [-0.15, -0.1) is 0 Å². The zero-order valence-corrected chi connectivity index (χ0v) is 11.3. The van der Waals surface area contributed by atoms with Crippen LogP contribution in [-0.4, -0.2) is 30.9 Å². The molecule has 1 N–H and O–H groups in total. The summed E-state index contributed by atoms with van der Waals surface area (Å²) in [5.74, 6) is 0.110. The summed E-state index contributed by atoms with van der Waals surface area (Å²) in [5, 5.41) is 3.89. The lowest BCUT2D eigenvalue weighted by molar-refractivity contribution is -0.128. The first kappa shape index (κ1) is 14.0. The molecule has 0 saturated heterocycles. The summed E-state index contributed by atoms with van der Waals surface area (Å²) in [5.41, 5.74) is 2.31.